The zero-order chi connectivity index (χ0) is 13.1. The van der Waals surface area contributed by atoms with Crippen LogP contribution < -0.4 is 5.32 Å². The largest absolute Gasteiger partial charge is 0.306 e. The van der Waals surface area contributed by atoms with Gasteiger partial charge in [-0.1, -0.05) is 12.1 Å². The SMILES string of the molecule is Brc1nc(CNCc2cccnc2)n2ccccc12. The molecular formula is C14H13BrN4. The molecule has 0 radical (unpaired) electrons. The number of imidazole rings is 1. The van der Waals surface area contributed by atoms with Crippen molar-refractivity contribution in [2.45, 2.75) is 13.1 Å². The predicted molar refractivity (Wildman–Crippen MR) is 77.7 cm³/mol. The van der Waals surface area contributed by atoms with E-state index in [0.29, 0.717) is 6.54 Å². The van der Waals surface area contributed by atoms with Crippen LogP contribution in [0.3, 0.4) is 0 Å². The van der Waals surface area contributed by atoms with Crippen LogP contribution >= 0.6 is 15.9 Å². The Morgan fingerprint density at radius 1 is 1.16 bits per heavy atom. The molecule has 0 fully saturated rings. The Morgan fingerprint density at radius 3 is 2.95 bits per heavy atom. The monoisotopic (exact) mass is 316 g/mol. The third-order valence-corrected chi connectivity index (χ3v) is 3.50. The number of hydrogen-bond acceptors (Lipinski definition) is 3. The van der Waals surface area contributed by atoms with E-state index in [4.69, 9.17) is 0 Å². The summed E-state index contributed by atoms with van der Waals surface area (Å²) in [7, 11) is 0. The van der Waals surface area contributed by atoms with Gasteiger partial charge in [-0.15, -0.1) is 0 Å². The minimum atomic E-state index is 0.714. The number of pyridine rings is 2. The molecule has 1 N–H and O–H groups in total. The molecule has 3 heterocycles. The van der Waals surface area contributed by atoms with E-state index in [1.807, 2.05) is 36.7 Å². The molecule has 0 saturated carbocycles. The predicted octanol–water partition coefficient (Wildman–Crippen LogP) is 2.78. The molecule has 5 heteroatoms. The lowest BCUT2D eigenvalue weighted by molar-refractivity contribution is 0.659. The first-order valence-electron chi connectivity index (χ1n) is 6.05. The maximum Gasteiger partial charge on any atom is 0.132 e. The highest BCUT2D eigenvalue weighted by molar-refractivity contribution is 9.10. The summed E-state index contributed by atoms with van der Waals surface area (Å²) in [5.41, 5.74) is 2.25. The van der Waals surface area contributed by atoms with Crippen LogP contribution in [0, 0.1) is 0 Å². The first-order chi connectivity index (χ1) is 9.34. The molecular weight excluding hydrogens is 304 g/mol. The number of nitrogens with zero attached hydrogens (tertiary/aromatic N) is 3. The van der Waals surface area contributed by atoms with E-state index in [2.05, 4.69) is 41.7 Å². The maximum atomic E-state index is 4.52. The Morgan fingerprint density at radius 2 is 2.11 bits per heavy atom. The highest BCUT2D eigenvalue weighted by Gasteiger charge is 2.07. The molecule has 0 aromatic carbocycles. The molecule has 0 spiro atoms. The quantitative estimate of drug-likeness (QED) is 0.804. The summed E-state index contributed by atoms with van der Waals surface area (Å²) in [6, 6.07) is 10.1. The Balaban J connectivity index is 1.72. The van der Waals surface area contributed by atoms with Gasteiger partial charge in [-0.2, -0.15) is 0 Å². The molecule has 4 nitrogen and oxygen atoms in total. The number of hydrogen-bond donors (Lipinski definition) is 1. The van der Waals surface area contributed by atoms with Crippen molar-refractivity contribution in [2.24, 2.45) is 0 Å². The van der Waals surface area contributed by atoms with Gasteiger partial charge < -0.3 is 9.72 Å². The molecule has 0 amide bonds. The smallest absolute Gasteiger partial charge is 0.132 e. The Hall–Kier alpha value is -1.72. The molecule has 3 aromatic rings. The minimum absolute atomic E-state index is 0.714. The topological polar surface area (TPSA) is 42.2 Å². The summed E-state index contributed by atoms with van der Waals surface area (Å²) in [4.78, 5) is 8.62. The van der Waals surface area contributed by atoms with Crippen LogP contribution in [0.25, 0.3) is 5.52 Å². The average molecular weight is 317 g/mol. The molecule has 96 valence electrons. The van der Waals surface area contributed by atoms with Gasteiger partial charge in [0, 0.05) is 25.1 Å². The van der Waals surface area contributed by atoms with E-state index in [0.717, 1.165) is 22.5 Å². The third-order valence-electron chi connectivity index (χ3n) is 2.91. The van der Waals surface area contributed by atoms with Crippen LogP contribution in [-0.2, 0) is 13.1 Å². The molecule has 0 atom stereocenters. The lowest BCUT2D eigenvalue weighted by Gasteiger charge is -2.04. The van der Waals surface area contributed by atoms with Crippen molar-refractivity contribution in [3.63, 3.8) is 0 Å². The van der Waals surface area contributed by atoms with Crippen molar-refractivity contribution >= 4 is 21.4 Å². The summed E-state index contributed by atoms with van der Waals surface area (Å²) < 4.78 is 2.96. The molecule has 0 bridgehead atoms. The van der Waals surface area contributed by atoms with Crippen molar-refractivity contribution < 1.29 is 0 Å². The van der Waals surface area contributed by atoms with E-state index in [1.54, 1.807) is 6.20 Å². The maximum absolute atomic E-state index is 4.52. The zero-order valence-corrected chi connectivity index (χ0v) is 11.8. The van der Waals surface area contributed by atoms with Crippen molar-refractivity contribution in [3.8, 4) is 0 Å². The number of aromatic nitrogens is 3. The Bertz CT molecular complexity index is 678. The van der Waals surface area contributed by atoms with Gasteiger partial charge >= 0.3 is 0 Å². The van der Waals surface area contributed by atoms with E-state index in [1.165, 1.54) is 5.56 Å². The first kappa shape index (κ1) is 12.3. The van der Waals surface area contributed by atoms with Gasteiger partial charge in [0.15, 0.2) is 0 Å². The summed E-state index contributed by atoms with van der Waals surface area (Å²) >= 11 is 3.48. The normalized spacial score (nSPS) is 11.0. The number of rotatable bonds is 4. The molecule has 0 aliphatic heterocycles. The van der Waals surface area contributed by atoms with Crippen molar-refractivity contribution in [2.75, 3.05) is 0 Å². The fraction of sp³-hybridized carbons (Fsp3) is 0.143. The van der Waals surface area contributed by atoms with E-state index in [9.17, 15) is 0 Å². The van der Waals surface area contributed by atoms with Gasteiger partial charge in [-0.3, -0.25) is 4.98 Å². The summed E-state index contributed by atoms with van der Waals surface area (Å²) in [5.74, 6) is 0.992. The van der Waals surface area contributed by atoms with Crippen LogP contribution in [0.4, 0.5) is 0 Å². The van der Waals surface area contributed by atoms with Crippen molar-refractivity contribution in [3.05, 3.63) is 64.9 Å². The molecule has 0 saturated heterocycles. The number of nitrogens with one attached hydrogen (secondary N) is 1. The van der Waals surface area contributed by atoms with Crippen LogP contribution in [0.15, 0.2) is 53.5 Å². The summed E-state index contributed by atoms with van der Waals surface area (Å²) in [6.07, 6.45) is 5.67. The fourth-order valence-electron chi connectivity index (χ4n) is 2.01. The average Bonchev–Trinajstić information content (AvgIpc) is 2.78. The summed E-state index contributed by atoms with van der Waals surface area (Å²) in [5, 5.41) is 3.38. The van der Waals surface area contributed by atoms with Gasteiger partial charge in [0.25, 0.3) is 0 Å². The van der Waals surface area contributed by atoms with Gasteiger partial charge in [-0.25, -0.2) is 4.98 Å². The van der Waals surface area contributed by atoms with E-state index < -0.39 is 0 Å². The summed E-state index contributed by atoms with van der Waals surface area (Å²) in [6.45, 7) is 1.50. The molecule has 0 unspecified atom stereocenters. The Kier molecular flexibility index (Phi) is 3.57. The molecule has 3 aromatic heterocycles. The third kappa shape index (κ3) is 2.67. The van der Waals surface area contributed by atoms with Gasteiger partial charge in [0.2, 0.25) is 0 Å². The first-order valence-corrected chi connectivity index (χ1v) is 6.85. The van der Waals surface area contributed by atoms with E-state index in [-0.39, 0.29) is 0 Å². The fourth-order valence-corrected chi connectivity index (χ4v) is 2.53. The number of fused-ring (bicyclic) bond motifs is 1. The van der Waals surface area contributed by atoms with Gasteiger partial charge in [0.05, 0.1) is 12.1 Å². The van der Waals surface area contributed by atoms with Gasteiger partial charge in [-0.05, 0) is 39.7 Å². The Labute approximate surface area is 119 Å². The van der Waals surface area contributed by atoms with Crippen molar-refractivity contribution in [1.29, 1.82) is 0 Å². The second-order valence-electron chi connectivity index (χ2n) is 4.24. The standard InChI is InChI=1S/C14H13BrN4/c15-14-12-5-1-2-7-19(12)13(18-14)10-17-9-11-4-3-6-16-8-11/h1-8,17H,9-10H2. The zero-order valence-electron chi connectivity index (χ0n) is 10.3. The van der Waals surface area contributed by atoms with Crippen LogP contribution in [-0.4, -0.2) is 14.4 Å². The van der Waals surface area contributed by atoms with Crippen LogP contribution in [0.1, 0.15) is 11.4 Å². The highest BCUT2D eigenvalue weighted by atomic mass is 79.9. The van der Waals surface area contributed by atoms with Crippen LogP contribution in [0.2, 0.25) is 0 Å². The van der Waals surface area contributed by atoms with Crippen LogP contribution in [0.5, 0.6) is 0 Å². The minimum Gasteiger partial charge on any atom is -0.306 e. The second kappa shape index (κ2) is 5.50. The van der Waals surface area contributed by atoms with Crippen molar-refractivity contribution in [1.82, 2.24) is 19.7 Å². The molecule has 19 heavy (non-hydrogen) atoms. The number of halogens is 1. The highest BCUT2D eigenvalue weighted by Crippen LogP contribution is 2.18. The lowest BCUT2D eigenvalue weighted by atomic mass is 10.3. The molecule has 0 aliphatic rings. The molecule has 3 rings (SSSR count). The molecule has 0 aliphatic carbocycles. The lowest BCUT2D eigenvalue weighted by Crippen LogP contribution is -2.14. The second-order valence-corrected chi connectivity index (χ2v) is 4.99. The van der Waals surface area contributed by atoms with Gasteiger partial charge in [0.1, 0.15) is 10.4 Å². The van der Waals surface area contributed by atoms with E-state index >= 15 is 0 Å².